The van der Waals surface area contributed by atoms with E-state index in [0.717, 1.165) is 30.8 Å². The maximum Gasteiger partial charge on any atom is 0.0240 e. The Hall–Kier alpha value is -0.0800. The zero-order valence-corrected chi connectivity index (χ0v) is 13.9. The molecule has 1 aliphatic carbocycles. The number of likely N-dealkylation sites (N-methyl/N-ethyl adjacent to an activating group) is 1. The molecule has 0 aliphatic heterocycles. The predicted molar refractivity (Wildman–Crippen MR) is 85.5 cm³/mol. The molecule has 1 N–H and O–H groups in total. The van der Waals surface area contributed by atoms with Crippen LogP contribution < -0.4 is 5.32 Å². The highest BCUT2D eigenvalue weighted by Crippen LogP contribution is 2.25. The van der Waals surface area contributed by atoms with Crippen molar-refractivity contribution in [2.24, 2.45) is 17.8 Å². The highest BCUT2D eigenvalue weighted by molar-refractivity contribution is 4.78. The third-order valence-corrected chi connectivity index (χ3v) is 4.51. The second kappa shape index (κ2) is 8.97. The van der Waals surface area contributed by atoms with Crippen LogP contribution in [0, 0.1) is 17.8 Å². The lowest BCUT2D eigenvalue weighted by atomic mass is 9.88. The highest BCUT2D eigenvalue weighted by Gasteiger charge is 2.22. The summed E-state index contributed by atoms with van der Waals surface area (Å²) in [4.78, 5) is 2.62. The van der Waals surface area contributed by atoms with E-state index in [4.69, 9.17) is 0 Å². The van der Waals surface area contributed by atoms with E-state index in [1.807, 2.05) is 0 Å². The minimum Gasteiger partial charge on any atom is -0.315 e. The molecule has 2 nitrogen and oxygen atoms in total. The SMILES string of the molecule is CC(C)CNCC(C(C)C)N(C)CC1CCCCC1. The van der Waals surface area contributed by atoms with Crippen LogP contribution in [0.25, 0.3) is 0 Å². The van der Waals surface area contributed by atoms with Crippen LogP contribution in [-0.2, 0) is 0 Å². The van der Waals surface area contributed by atoms with Crippen LogP contribution in [0.15, 0.2) is 0 Å². The number of hydrogen-bond donors (Lipinski definition) is 1. The van der Waals surface area contributed by atoms with Crippen LogP contribution in [0.2, 0.25) is 0 Å². The lowest BCUT2D eigenvalue weighted by Gasteiger charge is -2.35. The summed E-state index contributed by atoms with van der Waals surface area (Å²) in [6.07, 6.45) is 7.28. The van der Waals surface area contributed by atoms with Crippen molar-refractivity contribution >= 4 is 0 Å². The first-order valence-electron chi connectivity index (χ1n) is 8.41. The molecule has 0 saturated heterocycles. The Kier molecular flexibility index (Phi) is 8.01. The Labute approximate surface area is 121 Å². The maximum atomic E-state index is 3.64. The van der Waals surface area contributed by atoms with Crippen LogP contribution in [0.3, 0.4) is 0 Å². The first-order valence-corrected chi connectivity index (χ1v) is 8.41. The van der Waals surface area contributed by atoms with E-state index in [-0.39, 0.29) is 0 Å². The van der Waals surface area contributed by atoms with Gasteiger partial charge in [-0.15, -0.1) is 0 Å². The van der Waals surface area contributed by atoms with Crippen LogP contribution in [-0.4, -0.2) is 37.6 Å². The Bertz CT molecular complexity index is 219. The molecule has 0 heterocycles. The minimum absolute atomic E-state index is 0.681. The molecule has 0 spiro atoms. The molecule has 1 saturated carbocycles. The smallest absolute Gasteiger partial charge is 0.0240 e. The monoisotopic (exact) mass is 268 g/mol. The van der Waals surface area contributed by atoms with Gasteiger partial charge in [-0.25, -0.2) is 0 Å². The number of nitrogens with zero attached hydrogens (tertiary/aromatic N) is 1. The van der Waals surface area contributed by atoms with Gasteiger partial charge in [0.15, 0.2) is 0 Å². The van der Waals surface area contributed by atoms with Crippen molar-refractivity contribution in [3.8, 4) is 0 Å². The lowest BCUT2D eigenvalue weighted by Crippen LogP contribution is -2.46. The lowest BCUT2D eigenvalue weighted by molar-refractivity contribution is 0.146. The van der Waals surface area contributed by atoms with Crippen LogP contribution in [0.1, 0.15) is 59.8 Å². The van der Waals surface area contributed by atoms with Crippen LogP contribution in [0.5, 0.6) is 0 Å². The van der Waals surface area contributed by atoms with Crippen LogP contribution >= 0.6 is 0 Å². The molecule has 0 aromatic carbocycles. The fourth-order valence-corrected chi connectivity index (χ4v) is 3.33. The average molecular weight is 268 g/mol. The number of hydrogen-bond acceptors (Lipinski definition) is 2. The fraction of sp³-hybridized carbons (Fsp3) is 1.00. The van der Waals surface area contributed by atoms with E-state index >= 15 is 0 Å². The molecule has 0 bridgehead atoms. The first kappa shape index (κ1) is 17.0. The summed E-state index contributed by atoms with van der Waals surface area (Å²) in [6, 6.07) is 0.681. The van der Waals surface area contributed by atoms with E-state index in [2.05, 4.69) is 45.0 Å². The molecule has 1 fully saturated rings. The summed E-state index contributed by atoms with van der Waals surface area (Å²) in [7, 11) is 2.33. The molecule has 1 atom stereocenters. The van der Waals surface area contributed by atoms with E-state index in [1.165, 1.54) is 38.6 Å². The molecule has 0 aromatic heterocycles. The molecule has 0 amide bonds. The van der Waals surface area contributed by atoms with Gasteiger partial charge >= 0.3 is 0 Å². The molecular formula is C17H36N2. The van der Waals surface area contributed by atoms with Gasteiger partial charge in [0.2, 0.25) is 0 Å². The van der Waals surface area contributed by atoms with E-state index in [1.54, 1.807) is 0 Å². The fourth-order valence-electron chi connectivity index (χ4n) is 3.33. The van der Waals surface area contributed by atoms with E-state index < -0.39 is 0 Å². The van der Waals surface area contributed by atoms with Crippen molar-refractivity contribution < 1.29 is 0 Å². The Balaban J connectivity index is 2.35. The standard InChI is InChI=1S/C17H36N2/c1-14(2)11-18-12-17(15(3)4)19(5)13-16-9-7-6-8-10-16/h14-18H,6-13H2,1-5H3. The van der Waals surface area contributed by atoms with Crippen molar-refractivity contribution in [2.45, 2.75) is 65.8 Å². The highest BCUT2D eigenvalue weighted by atomic mass is 15.2. The van der Waals surface area contributed by atoms with Crippen molar-refractivity contribution in [1.82, 2.24) is 10.2 Å². The predicted octanol–water partition coefficient (Wildman–Crippen LogP) is 3.77. The minimum atomic E-state index is 0.681. The van der Waals surface area contributed by atoms with Crippen molar-refractivity contribution in [2.75, 3.05) is 26.7 Å². The summed E-state index contributed by atoms with van der Waals surface area (Å²) >= 11 is 0. The van der Waals surface area contributed by atoms with Crippen molar-refractivity contribution in [3.05, 3.63) is 0 Å². The van der Waals surface area contributed by atoms with E-state index in [0.29, 0.717) is 6.04 Å². The summed E-state index contributed by atoms with van der Waals surface area (Å²) in [5.41, 5.74) is 0. The van der Waals surface area contributed by atoms with Gasteiger partial charge in [0.25, 0.3) is 0 Å². The second-order valence-corrected chi connectivity index (χ2v) is 7.31. The molecule has 0 radical (unpaired) electrons. The molecule has 114 valence electrons. The van der Waals surface area contributed by atoms with Gasteiger partial charge < -0.3 is 10.2 Å². The summed E-state index contributed by atoms with van der Waals surface area (Å²) in [6.45, 7) is 12.9. The quantitative estimate of drug-likeness (QED) is 0.721. The number of nitrogens with one attached hydrogen (secondary N) is 1. The third-order valence-electron chi connectivity index (χ3n) is 4.51. The van der Waals surface area contributed by atoms with Gasteiger partial charge in [-0.2, -0.15) is 0 Å². The van der Waals surface area contributed by atoms with Gasteiger partial charge in [0, 0.05) is 19.1 Å². The zero-order chi connectivity index (χ0) is 14.3. The molecule has 19 heavy (non-hydrogen) atoms. The topological polar surface area (TPSA) is 15.3 Å². The first-order chi connectivity index (χ1) is 9.00. The summed E-state index contributed by atoms with van der Waals surface area (Å²) in [5.74, 6) is 2.43. The summed E-state index contributed by atoms with van der Waals surface area (Å²) in [5, 5.41) is 3.64. The molecule has 1 unspecified atom stereocenters. The van der Waals surface area contributed by atoms with Gasteiger partial charge in [-0.1, -0.05) is 47.0 Å². The van der Waals surface area contributed by atoms with Gasteiger partial charge in [0.1, 0.15) is 0 Å². The third kappa shape index (κ3) is 6.76. The Morgan fingerprint density at radius 1 is 1.00 bits per heavy atom. The molecular weight excluding hydrogens is 232 g/mol. The maximum absolute atomic E-state index is 3.64. The van der Waals surface area contributed by atoms with E-state index in [9.17, 15) is 0 Å². The Morgan fingerprint density at radius 3 is 2.16 bits per heavy atom. The largest absolute Gasteiger partial charge is 0.315 e. The summed E-state index contributed by atoms with van der Waals surface area (Å²) < 4.78 is 0. The van der Waals surface area contributed by atoms with Crippen molar-refractivity contribution in [1.29, 1.82) is 0 Å². The molecule has 0 aromatic rings. The van der Waals surface area contributed by atoms with Gasteiger partial charge in [-0.3, -0.25) is 0 Å². The van der Waals surface area contributed by atoms with Gasteiger partial charge in [-0.05, 0) is 44.2 Å². The normalized spacial score (nSPS) is 19.6. The Morgan fingerprint density at radius 2 is 1.63 bits per heavy atom. The zero-order valence-electron chi connectivity index (χ0n) is 13.9. The van der Waals surface area contributed by atoms with Crippen molar-refractivity contribution in [3.63, 3.8) is 0 Å². The molecule has 1 aliphatic rings. The van der Waals surface area contributed by atoms with Crippen LogP contribution in [0.4, 0.5) is 0 Å². The second-order valence-electron chi connectivity index (χ2n) is 7.31. The number of rotatable bonds is 8. The molecule has 1 rings (SSSR count). The average Bonchev–Trinajstić information content (AvgIpc) is 2.35. The molecule has 2 heteroatoms. The van der Waals surface area contributed by atoms with Gasteiger partial charge in [0.05, 0.1) is 0 Å².